The Morgan fingerprint density at radius 1 is 0.303 bits per heavy atom. The molecule has 0 aliphatic heterocycles. The number of anilines is 6. The highest BCUT2D eigenvalue weighted by Gasteiger charge is 2.49. The van der Waals surface area contributed by atoms with Crippen molar-refractivity contribution in [1.82, 2.24) is 0 Å². The van der Waals surface area contributed by atoms with Crippen molar-refractivity contribution in [3.05, 3.63) is 286 Å². The minimum atomic E-state index is -0.827. The molecule has 12 aromatic carbocycles. The summed E-state index contributed by atoms with van der Waals surface area (Å²) in [5.41, 5.74) is 24.4. The Balaban J connectivity index is 0.988. The van der Waals surface area contributed by atoms with E-state index in [9.17, 15) is 0 Å². The molecule has 14 aromatic rings. The van der Waals surface area contributed by atoms with Gasteiger partial charge in [-0.25, -0.2) is 0 Å². The van der Waals surface area contributed by atoms with Gasteiger partial charge < -0.3 is 18.6 Å². The molecule has 4 heteroatoms. The van der Waals surface area contributed by atoms with Crippen LogP contribution in [0.3, 0.4) is 0 Å². The first kappa shape index (κ1) is 53.6. The van der Waals surface area contributed by atoms with Crippen molar-refractivity contribution in [3.63, 3.8) is 0 Å². The third-order valence-corrected chi connectivity index (χ3v) is 20.8. The maximum atomic E-state index is 7.49. The summed E-state index contributed by atoms with van der Waals surface area (Å²) in [6.45, 7) is 8.98. The molecule has 2 fully saturated rings. The van der Waals surface area contributed by atoms with E-state index < -0.39 is 5.41 Å². The van der Waals surface area contributed by atoms with Gasteiger partial charge in [-0.3, -0.25) is 0 Å². The molecule has 0 spiro atoms. The van der Waals surface area contributed by atoms with Crippen LogP contribution < -0.4 is 9.80 Å². The van der Waals surface area contributed by atoms with E-state index in [0.29, 0.717) is 11.8 Å². The molecule has 0 N–H and O–H groups in total. The molecule has 0 atom stereocenters. The smallest absolute Gasteiger partial charge is 0.159 e. The number of hydrogen-bond acceptors (Lipinski definition) is 4. The minimum Gasteiger partial charge on any atom is -0.454 e. The molecule has 0 unspecified atom stereocenters. The van der Waals surface area contributed by atoms with Crippen LogP contribution in [0.2, 0.25) is 0 Å². The molecular formula is C85H72N2O2. The van der Waals surface area contributed by atoms with Crippen LogP contribution in [0.5, 0.6) is 0 Å². The van der Waals surface area contributed by atoms with Crippen LogP contribution in [0.4, 0.5) is 34.1 Å². The highest BCUT2D eigenvalue weighted by Crippen LogP contribution is 2.64. The van der Waals surface area contributed by atoms with E-state index in [1.165, 1.54) is 163 Å². The summed E-state index contributed by atoms with van der Waals surface area (Å²) in [4.78, 5) is 5.11. The predicted octanol–water partition coefficient (Wildman–Crippen LogP) is 24.4. The Bertz CT molecular complexity index is 4790. The van der Waals surface area contributed by atoms with Crippen LogP contribution in [0.25, 0.3) is 76.5 Å². The second-order valence-electron chi connectivity index (χ2n) is 26.1. The van der Waals surface area contributed by atoms with Crippen molar-refractivity contribution in [2.24, 2.45) is 0 Å². The van der Waals surface area contributed by atoms with Gasteiger partial charge in [-0.2, -0.15) is 0 Å². The molecule has 17 rings (SSSR count). The zero-order valence-corrected chi connectivity index (χ0v) is 51.4. The lowest BCUT2D eigenvalue weighted by molar-refractivity contribution is 0.442. The monoisotopic (exact) mass is 1150 g/mol. The van der Waals surface area contributed by atoms with Crippen molar-refractivity contribution in [1.29, 1.82) is 0 Å². The van der Waals surface area contributed by atoms with Crippen LogP contribution in [0.1, 0.15) is 132 Å². The van der Waals surface area contributed by atoms with Crippen LogP contribution >= 0.6 is 0 Å². The highest BCUT2D eigenvalue weighted by molar-refractivity contribution is 6.21. The van der Waals surface area contributed by atoms with Crippen molar-refractivity contribution < 1.29 is 8.83 Å². The number of rotatable bonds is 10. The minimum absolute atomic E-state index is 0.487. The molecular weight excluding hydrogens is 1080 g/mol. The predicted molar refractivity (Wildman–Crippen MR) is 373 cm³/mol. The van der Waals surface area contributed by atoms with Gasteiger partial charge in [0.2, 0.25) is 0 Å². The van der Waals surface area contributed by atoms with Gasteiger partial charge in [-0.1, -0.05) is 233 Å². The zero-order chi connectivity index (χ0) is 59.5. The number of furan rings is 2. The summed E-state index contributed by atoms with van der Waals surface area (Å²) in [7, 11) is 0. The number of benzene rings is 12. The summed E-state index contributed by atoms with van der Waals surface area (Å²) < 4.78 is 15.0. The van der Waals surface area contributed by atoms with Gasteiger partial charge in [0, 0.05) is 43.7 Å². The molecule has 0 radical (unpaired) electrons. The number of fused-ring (bicyclic) bond motifs is 13. The Hall–Kier alpha value is -9.64. The van der Waals surface area contributed by atoms with Gasteiger partial charge in [0.1, 0.15) is 11.2 Å². The van der Waals surface area contributed by atoms with Gasteiger partial charge in [-0.05, 0) is 179 Å². The Labute approximate surface area is 521 Å². The molecule has 0 amide bonds. The lowest BCUT2D eigenvalue weighted by Crippen LogP contribution is -2.29. The first-order valence-corrected chi connectivity index (χ1v) is 32.7. The van der Waals surface area contributed by atoms with E-state index in [2.05, 4.69) is 268 Å². The number of para-hydroxylation sites is 4. The van der Waals surface area contributed by atoms with Crippen molar-refractivity contribution in [2.45, 2.75) is 109 Å². The molecule has 434 valence electrons. The molecule has 3 aliphatic rings. The van der Waals surface area contributed by atoms with E-state index in [0.717, 1.165) is 67.2 Å². The summed E-state index contributed by atoms with van der Waals surface area (Å²) in [6.07, 6.45) is 12.5. The topological polar surface area (TPSA) is 32.8 Å². The summed E-state index contributed by atoms with van der Waals surface area (Å²) in [5, 5.41) is 9.39. The molecule has 0 saturated heterocycles. The van der Waals surface area contributed by atoms with E-state index in [4.69, 9.17) is 8.83 Å². The highest BCUT2D eigenvalue weighted by atomic mass is 16.3. The Morgan fingerprint density at radius 3 is 1.08 bits per heavy atom. The van der Waals surface area contributed by atoms with E-state index in [1.807, 2.05) is 0 Å². The fraction of sp³-hybridized carbons (Fsp3) is 0.200. The first-order chi connectivity index (χ1) is 43.8. The largest absolute Gasteiger partial charge is 0.454 e. The third kappa shape index (κ3) is 8.32. The van der Waals surface area contributed by atoms with Gasteiger partial charge in [0.05, 0.1) is 28.2 Å². The molecule has 4 nitrogen and oxygen atoms in total. The number of nitrogens with zero attached hydrogens (tertiary/aromatic N) is 2. The van der Waals surface area contributed by atoms with Gasteiger partial charge in [0.15, 0.2) is 11.2 Å². The Morgan fingerprint density at radius 2 is 0.663 bits per heavy atom. The molecule has 89 heavy (non-hydrogen) atoms. The fourth-order valence-corrected chi connectivity index (χ4v) is 16.7. The molecule has 2 aromatic heterocycles. The lowest BCUT2D eigenvalue weighted by atomic mass is 9.67. The number of hydrogen-bond donors (Lipinski definition) is 0. The van der Waals surface area contributed by atoms with Crippen LogP contribution in [-0.4, -0.2) is 0 Å². The second kappa shape index (κ2) is 21.3. The quantitative estimate of drug-likeness (QED) is 0.137. The van der Waals surface area contributed by atoms with Gasteiger partial charge in [-0.15, -0.1) is 0 Å². The summed E-state index contributed by atoms with van der Waals surface area (Å²) in [5.74, 6) is 0.973. The second-order valence-corrected chi connectivity index (χ2v) is 26.1. The van der Waals surface area contributed by atoms with Crippen molar-refractivity contribution in [2.75, 3.05) is 9.80 Å². The van der Waals surface area contributed by atoms with Crippen LogP contribution in [0, 0.1) is 27.7 Å². The first-order valence-electron chi connectivity index (χ1n) is 32.7. The SMILES string of the molecule is Cc1ccc(C)c(N(c2cc3c(c4ccccc24)-c2c(cc(N(c4cc(C)ccc4C)c4cccc5c4oc4c(C6CCCCC6)cccc45)c4ccccc24)C3(c2ccccc2)c2ccccc2)c2cccc3c2oc2c(C4CCCCC4)cccc23)c1. The number of aryl methyl sites for hydroxylation is 4. The lowest BCUT2D eigenvalue weighted by Gasteiger charge is -2.36. The van der Waals surface area contributed by atoms with E-state index in [1.54, 1.807) is 0 Å². The molecule has 2 heterocycles. The molecule has 2 saturated carbocycles. The molecule has 3 aliphatic carbocycles. The van der Waals surface area contributed by atoms with Gasteiger partial charge >= 0.3 is 0 Å². The Kier molecular flexibility index (Phi) is 12.8. The van der Waals surface area contributed by atoms with Gasteiger partial charge in [0.25, 0.3) is 0 Å². The average molecular weight is 1150 g/mol. The summed E-state index contributed by atoms with van der Waals surface area (Å²) >= 11 is 0. The maximum absolute atomic E-state index is 7.49. The third-order valence-electron chi connectivity index (χ3n) is 20.8. The maximum Gasteiger partial charge on any atom is 0.159 e. The average Bonchev–Trinajstić information content (AvgIpc) is 1.54. The normalized spacial score (nSPS) is 15.2. The van der Waals surface area contributed by atoms with E-state index in [-0.39, 0.29) is 0 Å². The van der Waals surface area contributed by atoms with Crippen molar-refractivity contribution in [3.8, 4) is 11.1 Å². The van der Waals surface area contributed by atoms with Crippen molar-refractivity contribution >= 4 is 99.5 Å². The zero-order valence-electron chi connectivity index (χ0n) is 51.4. The fourth-order valence-electron chi connectivity index (χ4n) is 16.7. The van der Waals surface area contributed by atoms with Crippen LogP contribution in [-0.2, 0) is 5.41 Å². The summed E-state index contributed by atoms with van der Waals surface area (Å²) in [6, 6.07) is 87.6. The standard InChI is InChI=1S/C85H72N2O2/c1-53-45-47-55(3)75(49-53)86(73-43-23-41-69-67-39-21-37-61(81(67)88-83(69)73)57-25-9-5-10-26-57)77-51-71-79(65-35-19-17-33-63(65)77)80-66-36-20-18-34-64(66)78(52-72(80)85(71,59-29-13-7-14-30-59)60-31-15-8-16-32-60)87(76-50-54(2)46-48-56(76)4)74-44-24-42-70-68-40-22-38-62(82(68)89-84(70)74)58-27-11-6-12-28-58/h7-8,13-24,29-52,57-58H,5-6,9-12,25-28H2,1-4H3. The van der Waals surface area contributed by atoms with Crippen LogP contribution in [0.15, 0.2) is 239 Å². The molecule has 0 bridgehead atoms. The van der Waals surface area contributed by atoms with E-state index >= 15 is 0 Å².